The van der Waals surface area contributed by atoms with Crippen molar-refractivity contribution in [1.29, 1.82) is 0 Å². The Morgan fingerprint density at radius 1 is 1.29 bits per heavy atom. The number of aryl methyl sites for hydroxylation is 1. The highest BCUT2D eigenvalue weighted by molar-refractivity contribution is 9.10. The topological polar surface area (TPSA) is 53.0 Å². The molecule has 0 fully saturated rings. The van der Waals surface area contributed by atoms with Crippen LogP contribution in [0.3, 0.4) is 0 Å². The van der Waals surface area contributed by atoms with Gasteiger partial charge in [-0.15, -0.1) is 0 Å². The lowest BCUT2D eigenvalue weighted by molar-refractivity contribution is -0.130. The maximum absolute atomic E-state index is 12.7. The number of carbonyl (C=O) groups excluding carboxylic acids is 2. The molecule has 5 nitrogen and oxygen atoms in total. The fourth-order valence-electron chi connectivity index (χ4n) is 2.76. The molecule has 0 aromatic heterocycles. The summed E-state index contributed by atoms with van der Waals surface area (Å²) in [6.45, 7) is 0.699. The molecule has 0 aliphatic carbocycles. The molecule has 0 atom stereocenters. The summed E-state index contributed by atoms with van der Waals surface area (Å²) in [7, 11) is 1.59. The molecule has 6 heteroatoms. The molecule has 0 unspecified atom stereocenters. The zero-order valence-electron chi connectivity index (χ0n) is 11.8. The Balaban J connectivity index is 1.90. The summed E-state index contributed by atoms with van der Waals surface area (Å²) in [4.78, 5) is 25.9. The summed E-state index contributed by atoms with van der Waals surface area (Å²) in [6.07, 6.45) is 2.69. The molecule has 0 bridgehead atoms. The summed E-state index contributed by atoms with van der Waals surface area (Å²) in [5.74, 6) is -0.132. The van der Waals surface area contributed by atoms with Gasteiger partial charge in [0.15, 0.2) is 0 Å². The van der Waals surface area contributed by atoms with Gasteiger partial charge >= 0.3 is 0 Å². The normalized spacial score (nSPS) is 18.4. The molecule has 2 aliphatic heterocycles. The van der Waals surface area contributed by atoms with Crippen LogP contribution in [0.1, 0.15) is 24.8 Å². The van der Waals surface area contributed by atoms with Crippen LogP contribution in [0, 0.1) is 0 Å². The average molecular weight is 350 g/mol. The predicted octanol–water partition coefficient (Wildman–Crippen LogP) is 2.34. The van der Waals surface area contributed by atoms with E-state index >= 15 is 0 Å². The number of nitrogens with zero attached hydrogens (tertiary/aromatic N) is 3. The van der Waals surface area contributed by atoms with Crippen LogP contribution in [0.5, 0.6) is 0 Å². The van der Waals surface area contributed by atoms with Crippen LogP contribution in [0.2, 0.25) is 0 Å². The van der Waals surface area contributed by atoms with E-state index in [1.807, 2.05) is 12.1 Å². The van der Waals surface area contributed by atoms with Gasteiger partial charge in [0, 0.05) is 36.6 Å². The second kappa shape index (κ2) is 5.60. The minimum absolute atomic E-state index is 0.0467. The maximum atomic E-state index is 12.7. The molecule has 1 aromatic rings. The molecular weight excluding hydrogens is 334 g/mol. The molecule has 2 heterocycles. The van der Waals surface area contributed by atoms with E-state index in [1.54, 1.807) is 11.9 Å². The van der Waals surface area contributed by atoms with Gasteiger partial charge in [-0.05, 0) is 36.6 Å². The lowest BCUT2D eigenvalue weighted by Gasteiger charge is -2.31. The van der Waals surface area contributed by atoms with E-state index in [1.165, 1.54) is 10.6 Å². The third kappa shape index (κ3) is 2.72. The number of rotatable bonds is 1. The summed E-state index contributed by atoms with van der Waals surface area (Å²) in [6, 6.07) is 5.98. The molecule has 3 rings (SSSR count). The number of anilines is 1. The van der Waals surface area contributed by atoms with Crippen molar-refractivity contribution >= 4 is 39.1 Å². The number of fused-ring (bicyclic) bond motifs is 1. The number of hydrogen-bond acceptors (Lipinski definition) is 3. The van der Waals surface area contributed by atoms with Crippen LogP contribution in [0.4, 0.5) is 5.69 Å². The van der Waals surface area contributed by atoms with Gasteiger partial charge in [0.1, 0.15) is 5.71 Å². The number of halogens is 1. The van der Waals surface area contributed by atoms with Crippen molar-refractivity contribution in [2.45, 2.75) is 25.7 Å². The van der Waals surface area contributed by atoms with E-state index in [-0.39, 0.29) is 11.8 Å². The van der Waals surface area contributed by atoms with Gasteiger partial charge in [-0.2, -0.15) is 5.10 Å². The highest BCUT2D eigenvalue weighted by Gasteiger charge is 2.29. The molecule has 0 spiro atoms. The zero-order valence-corrected chi connectivity index (χ0v) is 13.4. The Morgan fingerprint density at radius 2 is 2.10 bits per heavy atom. The Labute approximate surface area is 131 Å². The summed E-state index contributed by atoms with van der Waals surface area (Å²) in [5, 5.41) is 5.40. The fraction of sp³-hybridized carbons (Fsp3) is 0.400. The molecule has 0 saturated heterocycles. The van der Waals surface area contributed by atoms with E-state index in [2.05, 4.69) is 27.1 Å². The average Bonchev–Trinajstić information content (AvgIpc) is 2.48. The Hall–Kier alpha value is -1.69. The Kier molecular flexibility index (Phi) is 3.80. The van der Waals surface area contributed by atoms with Crippen LogP contribution in [-0.4, -0.2) is 36.1 Å². The van der Waals surface area contributed by atoms with Crippen LogP contribution in [0.25, 0.3) is 0 Å². The number of carbonyl (C=O) groups is 2. The van der Waals surface area contributed by atoms with Crippen molar-refractivity contribution in [3.05, 3.63) is 28.2 Å². The maximum Gasteiger partial charge on any atom is 0.274 e. The minimum atomic E-state index is -0.0855. The number of hydrogen-bond donors (Lipinski definition) is 0. The van der Waals surface area contributed by atoms with Crippen molar-refractivity contribution in [2.75, 3.05) is 18.5 Å². The Morgan fingerprint density at radius 3 is 2.86 bits per heavy atom. The van der Waals surface area contributed by atoms with E-state index in [0.717, 1.165) is 23.0 Å². The Bertz CT molecular complexity index is 642. The number of benzene rings is 1. The zero-order chi connectivity index (χ0) is 15.0. The fourth-order valence-corrected chi connectivity index (χ4v) is 3.16. The van der Waals surface area contributed by atoms with Crippen LogP contribution in [-0.2, 0) is 16.0 Å². The van der Waals surface area contributed by atoms with Crippen LogP contribution >= 0.6 is 15.9 Å². The van der Waals surface area contributed by atoms with Crippen molar-refractivity contribution < 1.29 is 9.59 Å². The van der Waals surface area contributed by atoms with Crippen molar-refractivity contribution in [3.63, 3.8) is 0 Å². The third-order valence-electron chi connectivity index (χ3n) is 3.86. The van der Waals surface area contributed by atoms with Crippen LogP contribution in [0.15, 0.2) is 27.8 Å². The highest BCUT2D eigenvalue weighted by Crippen LogP contribution is 2.30. The van der Waals surface area contributed by atoms with E-state index in [9.17, 15) is 9.59 Å². The monoisotopic (exact) mass is 349 g/mol. The largest absolute Gasteiger partial charge is 0.307 e. The number of hydrazone groups is 1. The van der Waals surface area contributed by atoms with Gasteiger partial charge in [-0.25, -0.2) is 5.01 Å². The lowest BCUT2D eigenvalue weighted by Crippen LogP contribution is -2.43. The smallest absolute Gasteiger partial charge is 0.274 e. The van der Waals surface area contributed by atoms with E-state index in [0.29, 0.717) is 25.1 Å². The van der Waals surface area contributed by atoms with Gasteiger partial charge in [-0.3, -0.25) is 9.59 Å². The standard InChI is InChI=1S/C15H16BrN3O2/c1-18-14(20)7-5-12(17-18)15(21)19-8-2-3-10-9-11(16)4-6-13(10)19/h4,6,9H,2-3,5,7-8H2,1H3. The molecule has 2 amide bonds. The first-order valence-corrected chi connectivity index (χ1v) is 7.80. The second-order valence-electron chi connectivity index (χ2n) is 5.30. The number of amides is 2. The minimum Gasteiger partial charge on any atom is -0.307 e. The lowest BCUT2D eigenvalue weighted by atomic mass is 10.0. The summed E-state index contributed by atoms with van der Waals surface area (Å²) in [5.41, 5.74) is 2.59. The van der Waals surface area contributed by atoms with Gasteiger partial charge < -0.3 is 4.90 Å². The molecule has 0 saturated carbocycles. The molecule has 0 N–H and O–H groups in total. The van der Waals surface area contributed by atoms with Gasteiger partial charge in [0.05, 0.1) is 0 Å². The highest BCUT2D eigenvalue weighted by atomic mass is 79.9. The van der Waals surface area contributed by atoms with Crippen molar-refractivity contribution in [2.24, 2.45) is 5.10 Å². The van der Waals surface area contributed by atoms with E-state index in [4.69, 9.17) is 0 Å². The summed E-state index contributed by atoms with van der Waals surface area (Å²) >= 11 is 3.47. The first kappa shape index (κ1) is 14.3. The quantitative estimate of drug-likeness (QED) is 0.781. The predicted molar refractivity (Wildman–Crippen MR) is 84.3 cm³/mol. The third-order valence-corrected chi connectivity index (χ3v) is 4.35. The van der Waals surface area contributed by atoms with Crippen LogP contribution < -0.4 is 4.90 Å². The molecular formula is C15H16BrN3O2. The second-order valence-corrected chi connectivity index (χ2v) is 6.21. The first-order chi connectivity index (χ1) is 10.1. The molecule has 2 aliphatic rings. The first-order valence-electron chi connectivity index (χ1n) is 7.00. The van der Waals surface area contributed by atoms with Crippen molar-refractivity contribution in [3.8, 4) is 0 Å². The van der Waals surface area contributed by atoms with E-state index < -0.39 is 0 Å². The molecule has 1 aromatic carbocycles. The SMILES string of the molecule is CN1N=C(C(=O)N2CCCc3cc(Br)ccc32)CCC1=O. The molecule has 21 heavy (non-hydrogen) atoms. The summed E-state index contributed by atoms with van der Waals surface area (Å²) < 4.78 is 1.02. The van der Waals surface area contributed by atoms with Crippen molar-refractivity contribution in [1.82, 2.24) is 5.01 Å². The van der Waals surface area contributed by atoms with Gasteiger partial charge in [-0.1, -0.05) is 15.9 Å². The van der Waals surface area contributed by atoms with Gasteiger partial charge in [0.25, 0.3) is 5.91 Å². The molecule has 110 valence electrons. The van der Waals surface area contributed by atoms with Gasteiger partial charge in [0.2, 0.25) is 5.91 Å². The molecule has 0 radical (unpaired) electrons.